The highest BCUT2D eigenvalue weighted by Crippen LogP contribution is 2.30. The first-order valence-electron chi connectivity index (χ1n) is 12.7. The molecule has 2 aliphatic heterocycles. The lowest BCUT2D eigenvalue weighted by molar-refractivity contribution is -0.305. The van der Waals surface area contributed by atoms with Crippen molar-refractivity contribution in [1.29, 1.82) is 0 Å². The van der Waals surface area contributed by atoms with Crippen LogP contribution in [0, 0.1) is 0 Å². The third-order valence-corrected chi connectivity index (χ3v) is 5.94. The molecule has 2 aliphatic rings. The summed E-state index contributed by atoms with van der Waals surface area (Å²) in [5, 5.41) is 2.26. The number of nitrogens with zero attached hydrogens (tertiary/aromatic N) is 1. The molecule has 0 aromatic heterocycles. The molecule has 3 amide bonds. The van der Waals surface area contributed by atoms with Gasteiger partial charge in [-0.25, -0.2) is 4.79 Å². The molecule has 1 fully saturated rings. The molecule has 1 N–H and O–H groups in total. The lowest BCUT2D eigenvalue weighted by atomic mass is 9.98. The molecule has 1 aromatic carbocycles. The lowest BCUT2D eigenvalue weighted by Crippen LogP contribution is -2.63. The van der Waals surface area contributed by atoms with E-state index in [0.717, 1.165) is 25.7 Å². The van der Waals surface area contributed by atoms with Gasteiger partial charge in [-0.15, -0.1) is 0 Å². The van der Waals surface area contributed by atoms with E-state index >= 15 is 0 Å². The van der Waals surface area contributed by atoms with Gasteiger partial charge in [-0.1, -0.05) is 12.1 Å². The summed E-state index contributed by atoms with van der Waals surface area (Å²) >= 11 is 0. The highest BCUT2D eigenvalue weighted by molar-refractivity contribution is 6.21. The standard InChI is InChI=1S/C26H32N2O13/c1-14(29)37-13-19-20(38-15(2)30)21(39-16(3)31)22(41-26(34)27-4)25(40-19)36-12-11-35-10-9-28-23(32)17-7-5-6-8-18(17)24(28)33/h5-8,19-22,25H,9-13H2,1-4H3,(H,27,34)/t19-,20-,21+,22+,25+/m1/s1. The van der Waals surface area contributed by atoms with E-state index in [1.54, 1.807) is 24.3 Å². The Bertz CT molecular complexity index is 1120. The van der Waals surface area contributed by atoms with Crippen LogP contribution in [0.1, 0.15) is 41.5 Å². The molecule has 0 aliphatic carbocycles. The van der Waals surface area contributed by atoms with Gasteiger partial charge in [-0.05, 0) is 12.1 Å². The third-order valence-electron chi connectivity index (χ3n) is 5.94. The Morgan fingerprint density at radius 1 is 0.829 bits per heavy atom. The van der Waals surface area contributed by atoms with Crippen molar-refractivity contribution in [2.24, 2.45) is 0 Å². The fourth-order valence-electron chi connectivity index (χ4n) is 4.24. The highest BCUT2D eigenvalue weighted by atomic mass is 16.7. The summed E-state index contributed by atoms with van der Waals surface area (Å²) in [7, 11) is 1.30. The number of rotatable bonds is 12. The van der Waals surface area contributed by atoms with Gasteiger partial charge in [0.25, 0.3) is 11.8 Å². The molecule has 0 unspecified atom stereocenters. The second-order valence-electron chi connectivity index (χ2n) is 8.90. The number of imide groups is 1. The van der Waals surface area contributed by atoms with Crippen molar-refractivity contribution in [1.82, 2.24) is 10.2 Å². The van der Waals surface area contributed by atoms with Gasteiger partial charge in [0, 0.05) is 27.8 Å². The largest absolute Gasteiger partial charge is 0.463 e. The molecule has 2 heterocycles. The molecule has 41 heavy (non-hydrogen) atoms. The Morgan fingerprint density at radius 2 is 1.44 bits per heavy atom. The van der Waals surface area contributed by atoms with Crippen LogP contribution in [0.15, 0.2) is 24.3 Å². The lowest BCUT2D eigenvalue weighted by Gasteiger charge is -2.44. The van der Waals surface area contributed by atoms with Crippen molar-refractivity contribution < 1.29 is 61.9 Å². The van der Waals surface area contributed by atoms with Crippen LogP contribution in [0.3, 0.4) is 0 Å². The maximum absolute atomic E-state index is 12.5. The zero-order valence-corrected chi connectivity index (χ0v) is 23.0. The van der Waals surface area contributed by atoms with Gasteiger partial charge in [0.1, 0.15) is 12.7 Å². The predicted octanol–water partition coefficient (Wildman–Crippen LogP) is 0.192. The van der Waals surface area contributed by atoms with Crippen molar-refractivity contribution >= 4 is 35.8 Å². The van der Waals surface area contributed by atoms with Gasteiger partial charge in [0.2, 0.25) is 0 Å². The summed E-state index contributed by atoms with van der Waals surface area (Å²) in [5.74, 6) is -3.00. The first-order chi connectivity index (χ1) is 19.5. The molecule has 0 saturated carbocycles. The van der Waals surface area contributed by atoms with Crippen LogP contribution in [0.25, 0.3) is 0 Å². The van der Waals surface area contributed by atoms with Crippen LogP contribution in [-0.4, -0.2) is 111 Å². The number of ether oxygens (including phenoxy) is 7. The Balaban J connectivity index is 1.64. The van der Waals surface area contributed by atoms with Crippen molar-refractivity contribution in [3.63, 3.8) is 0 Å². The minimum Gasteiger partial charge on any atom is -0.463 e. The van der Waals surface area contributed by atoms with Gasteiger partial charge in [-0.2, -0.15) is 0 Å². The molecular formula is C26H32N2O13. The van der Waals surface area contributed by atoms with E-state index in [-0.39, 0.29) is 26.4 Å². The van der Waals surface area contributed by atoms with Crippen LogP contribution < -0.4 is 5.32 Å². The van der Waals surface area contributed by atoms with E-state index in [9.17, 15) is 28.8 Å². The number of esters is 3. The SMILES string of the molecule is CNC(=O)O[C@@H]1[C@@H](OCCOCCN2C(=O)c3ccccc3C2=O)O[C@H](COC(C)=O)[C@@H](OC(C)=O)[C@@H]1OC(C)=O. The molecule has 5 atom stereocenters. The number of fused-ring (bicyclic) bond motifs is 1. The summed E-state index contributed by atoms with van der Waals surface area (Å²) in [6.07, 6.45) is -7.55. The van der Waals surface area contributed by atoms with Crippen LogP contribution in [0.5, 0.6) is 0 Å². The first-order valence-corrected chi connectivity index (χ1v) is 12.7. The Kier molecular flexibility index (Phi) is 11.1. The van der Waals surface area contributed by atoms with Crippen molar-refractivity contribution in [2.75, 3.05) is 40.0 Å². The van der Waals surface area contributed by atoms with E-state index in [1.165, 1.54) is 7.05 Å². The predicted molar refractivity (Wildman–Crippen MR) is 134 cm³/mol. The maximum atomic E-state index is 12.5. The molecule has 3 rings (SSSR count). The summed E-state index contributed by atoms with van der Waals surface area (Å²) in [6, 6.07) is 6.51. The molecule has 224 valence electrons. The summed E-state index contributed by atoms with van der Waals surface area (Å²) < 4.78 is 38.1. The minimum absolute atomic E-state index is 0.0116. The number of alkyl carbamates (subject to hydrolysis) is 1. The quantitative estimate of drug-likeness (QED) is 0.153. The number of hydrogen-bond donors (Lipinski definition) is 1. The van der Waals surface area contributed by atoms with E-state index in [1.807, 2.05) is 0 Å². The zero-order valence-electron chi connectivity index (χ0n) is 23.0. The minimum atomic E-state index is -1.41. The molecule has 0 radical (unpaired) electrons. The number of carbonyl (C=O) groups is 6. The average Bonchev–Trinajstić information content (AvgIpc) is 3.16. The van der Waals surface area contributed by atoms with Crippen LogP contribution in [-0.2, 0) is 47.5 Å². The van der Waals surface area contributed by atoms with Crippen LogP contribution in [0.4, 0.5) is 4.79 Å². The third kappa shape index (κ3) is 8.22. The smallest absolute Gasteiger partial charge is 0.407 e. The summed E-state index contributed by atoms with van der Waals surface area (Å²) in [6.45, 7) is 2.85. The number of benzene rings is 1. The van der Waals surface area contributed by atoms with Gasteiger partial charge in [0.05, 0.1) is 37.5 Å². The van der Waals surface area contributed by atoms with E-state index in [2.05, 4.69) is 5.32 Å². The van der Waals surface area contributed by atoms with Gasteiger partial charge in [0.15, 0.2) is 24.6 Å². The Morgan fingerprint density at radius 3 is 2.00 bits per heavy atom. The fraction of sp³-hybridized carbons (Fsp3) is 0.538. The van der Waals surface area contributed by atoms with Crippen LogP contribution >= 0.6 is 0 Å². The van der Waals surface area contributed by atoms with Crippen molar-refractivity contribution in [3.8, 4) is 0 Å². The summed E-state index contributed by atoms with van der Waals surface area (Å²) in [5.41, 5.74) is 0.658. The highest BCUT2D eigenvalue weighted by Gasteiger charge is 2.53. The molecule has 15 nitrogen and oxygen atoms in total. The average molecular weight is 581 g/mol. The second-order valence-corrected chi connectivity index (χ2v) is 8.90. The molecule has 0 bridgehead atoms. The second kappa shape index (κ2) is 14.5. The number of nitrogens with one attached hydrogen (secondary N) is 1. The number of amides is 3. The molecule has 15 heteroatoms. The zero-order chi connectivity index (χ0) is 30.1. The topological polar surface area (TPSA) is 182 Å². The van der Waals surface area contributed by atoms with Gasteiger partial charge < -0.3 is 38.5 Å². The molecule has 1 saturated heterocycles. The maximum Gasteiger partial charge on any atom is 0.407 e. The Labute approximate surface area is 235 Å². The monoisotopic (exact) mass is 580 g/mol. The van der Waals surface area contributed by atoms with E-state index in [4.69, 9.17) is 33.2 Å². The van der Waals surface area contributed by atoms with Gasteiger partial charge >= 0.3 is 24.0 Å². The molecular weight excluding hydrogens is 548 g/mol. The molecule has 0 spiro atoms. The van der Waals surface area contributed by atoms with Crippen molar-refractivity contribution in [3.05, 3.63) is 35.4 Å². The Hall–Kier alpha value is -4.08. The van der Waals surface area contributed by atoms with E-state index < -0.39 is 73.1 Å². The fourth-order valence-corrected chi connectivity index (χ4v) is 4.24. The molecule has 1 aromatic rings. The van der Waals surface area contributed by atoms with E-state index in [0.29, 0.717) is 11.1 Å². The normalized spacial score (nSPS) is 23.4. The number of hydrogen-bond acceptors (Lipinski definition) is 13. The van der Waals surface area contributed by atoms with Gasteiger partial charge in [-0.3, -0.25) is 28.9 Å². The van der Waals surface area contributed by atoms with Crippen molar-refractivity contribution in [2.45, 2.75) is 51.5 Å². The first kappa shape index (κ1) is 31.4. The number of carbonyl (C=O) groups excluding carboxylic acids is 6. The summed E-state index contributed by atoms with van der Waals surface area (Å²) in [4.78, 5) is 73.3. The van der Waals surface area contributed by atoms with Crippen LogP contribution in [0.2, 0.25) is 0 Å².